The Bertz CT molecular complexity index is 1210. The lowest BCUT2D eigenvalue weighted by Crippen LogP contribution is -2.41. The van der Waals surface area contributed by atoms with Gasteiger partial charge >= 0.3 is 11.9 Å². The Morgan fingerprint density at radius 2 is 1.72 bits per heavy atom. The number of hydrogen-bond donors (Lipinski definition) is 5. The highest BCUT2D eigenvalue weighted by atomic mass is 16.4. The summed E-state index contributed by atoms with van der Waals surface area (Å²) in [6.45, 7) is 0. The van der Waals surface area contributed by atoms with Crippen LogP contribution in [-0.4, -0.2) is 49.1 Å². The van der Waals surface area contributed by atoms with E-state index in [4.69, 9.17) is 21.7 Å². The average molecular weight is 436 g/mol. The Morgan fingerprint density at radius 3 is 2.38 bits per heavy atom. The molecule has 0 saturated heterocycles. The molecule has 1 aromatic carbocycles. The van der Waals surface area contributed by atoms with Gasteiger partial charge in [-0.15, -0.1) is 0 Å². The second kappa shape index (κ2) is 9.51. The Labute approximate surface area is 181 Å². The van der Waals surface area contributed by atoms with Crippen molar-refractivity contribution in [2.75, 3.05) is 11.5 Å². The first-order valence-corrected chi connectivity index (χ1v) is 9.45. The van der Waals surface area contributed by atoms with Crippen molar-refractivity contribution in [2.24, 2.45) is 0 Å². The minimum atomic E-state index is -1.29. The van der Waals surface area contributed by atoms with E-state index < -0.39 is 23.9 Å². The molecule has 11 heteroatoms. The maximum atomic E-state index is 12.3. The minimum Gasteiger partial charge on any atom is -0.481 e. The number of hydrogen-bond acceptors (Lipinski definition) is 8. The molecule has 0 unspecified atom stereocenters. The van der Waals surface area contributed by atoms with E-state index in [9.17, 15) is 14.4 Å². The second-order valence-electron chi connectivity index (χ2n) is 6.86. The van der Waals surface area contributed by atoms with Crippen molar-refractivity contribution in [1.29, 1.82) is 0 Å². The van der Waals surface area contributed by atoms with Gasteiger partial charge in [0.2, 0.25) is 5.95 Å². The highest BCUT2D eigenvalue weighted by Crippen LogP contribution is 2.19. The van der Waals surface area contributed by atoms with Crippen LogP contribution in [0.1, 0.15) is 34.3 Å². The van der Waals surface area contributed by atoms with Crippen LogP contribution in [0.4, 0.5) is 11.8 Å². The lowest BCUT2D eigenvalue weighted by atomic mass is 10.1. The second-order valence-corrected chi connectivity index (χ2v) is 6.86. The summed E-state index contributed by atoms with van der Waals surface area (Å²) >= 11 is 0. The number of carbonyl (C=O) groups is 3. The molecule has 2 aromatic heterocycles. The van der Waals surface area contributed by atoms with Crippen molar-refractivity contribution in [1.82, 2.24) is 20.3 Å². The Hall–Kier alpha value is -4.54. The predicted octanol–water partition coefficient (Wildman–Crippen LogP) is 1.41. The van der Waals surface area contributed by atoms with Crippen LogP contribution < -0.4 is 16.8 Å². The lowest BCUT2D eigenvalue weighted by molar-refractivity contribution is -0.140. The number of carbonyl (C=O) groups excluding carboxylic acids is 1. The molecule has 0 radical (unpaired) electrons. The molecular formula is C21H20N6O5. The predicted molar refractivity (Wildman–Crippen MR) is 117 cm³/mol. The van der Waals surface area contributed by atoms with Crippen molar-refractivity contribution in [3.05, 3.63) is 53.2 Å². The molecular weight excluding hydrogens is 416 g/mol. The number of aliphatic carboxylic acids is 2. The molecule has 0 saturated carbocycles. The van der Waals surface area contributed by atoms with Crippen LogP contribution in [0.3, 0.4) is 0 Å². The monoisotopic (exact) mass is 436 g/mol. The molecule has 2 heterocycles. The third-order valence-electron chi connectivity index (χ3n) is 4.51. The van der Waals surface area contributed by atoms with Crippen molar-refractivity contribution in [3.8, 4) is 0 Å². The number of benzene rings is 1. The van der Waals surface area contributed by atoms with Crippen LogP contribution >= 0.6 is 0 Å². The van der Waals surface area contributed by atoms with Crippen LogP contribution in [0.2, 0.25) is 0 Å². The number of nitrogens with zero attached hydrogens (tertiary/aromatic N) is 3. The summed E-state index contributed by atoms with van der Waals surface area (Å²) in [7, 11) is 0. The minimum absolute atomic E-state index is 0.0477. The maximum absolute atomic E-state index is 12.3. The molecule has 7 N–H and O–H groups in total. The van der Waals surface area contributed by atoms with Crippen LogP contribution in [0.25, 0.3) is 23.2 Å². The molecule has 3 rings (SSSR count). The first-order valence-electron chi connectivity index (χ1n) is 9.45. The van der Waals surface area contributed by atoms with Crippen molar-refractivity contribution in [3.63, 3.8) is 0 Å². The summed E-state index contributed by atoms with van der Waals surface area (Å²) in [4.78, 5) is 46.3. The van der Waals surface area contributed by atoms with Gasteiger partial charge in [-0.25, -0.2) is 9.78 Å². The zero-order valence-corrected chi connectivity index (χ0v) is 16.7. The van der Waals surface area contributed by atoms with Crippen LogP contribution in [0, 0.1) is 0 Å². The molecule has 32 heavy (non-hydrogen) atoms. The topological polar surface area (TPSA) is 194 Å². The quantitative estimate of drug-likeness (QED) is 0.344. The zero-order valence-electron chi connectivity index (χ0n) is 16.7. The standard InChI is InChI=1S/C21H20N6O5/c22-17-14-9-12(10-24-18(14)27-21(23)26-17)2-1-11-3-5-13(6-4-11)19(30)25-15(20(31)32)7-8-16(28)29/h1-6,9-10,15H,7-8H2,(H,25,30)(H,28,29)(H,31,32)(H4,22,23,24,26,27)/t15-/m1/s1. The first kappa shape index (κ1) is 22.2. The van der Waals surface area contributed by atoms with Gasteiger partial charge in [-0.1, -0.05) is 24.3 Å². The molecule has 0 fully saturated rings. The number of nitrogens with two attached hydrogens (primary N) is 2. The van der Waals surface area contributed by atoms with E-state index in [1.165, 1.54) is 0 Å². The van der Waals surface area contributed by atoms with Crippen LogP contribution in [-0.2, 0) is 9.59 Å². The number of rotatable bonds is 8. The third-order valence-corrected chi connectivity index (χ3v) is 4.51. The summed E-state index contributed by atoms with van der Waals surface area (Å²) in [5.41, 5.74) is 13.6. The largest absolute Gasteiger partial charge is 0.481 e. The number of fused-ring (bicyclic) bond motifs is 1. The fourth-order valence-electron chi connectivity index (χ4n) is 2.86. The molecule has 0 bridgehead atoms. The summed E-state index contributed by atoms with van der Waals surface area (Å²) in [5, 5.41) is 20.8. The number of carboxylic acid groups (broad SMARTS) is 2. The van der Waals surface area contributed by atoms with E-state index in [2.05, 4.69) is 20.3 Å². The van der Waals surface area contributed by atoms with Gasteiger partial charge in [-0.3, -0.25) is 9.59 Å². The van der Waals surface area contributed by atoms with Gasteiger partial charge in [0.25, 0.3) is 5.91 Å². The summed E-state index contributed by atoms with van der Waals surface area (Å²) in [5.74, 6) is -2.76. The molecule has 0 aliphatic carbocycles. The fraction of sp³-hybridized carbons (Fsp3) is 0.143. The molecule has 3 aromatic rings. The smallest absolute Gasteiger partial charge is 0.326 e. The lowest BCUT2D eigenvalue weighted by Gasteiger charge is -2.13. The van der Waals surface area contributed by atoms with Gasteiger partial charge < -0.3 is 27.0 Å². The molecule has 164 valence electrons. The third kappa shape index (κ3) is 5.53. The van der Waals surface area contributed by atoms with Crippen LogP contribution in [0.5, 0.6) is 0 Å². The van der Waals surface area contributed by atoms with Crippen molar-refractivity contribution in [2.45, 2.75) is 18.9 Å². The zero-order chi connectivity index (χ0) is 23.3. The highest BCUT2D eigenvalue weighted by Gasteiger charge is 2.21. The number of amides is 1. The van der Waals surface area contributed by atoms with E-state index in [0.29, 0.717) is 11.0 Å². The Kier molecular flexibility index (Phi) is 6.59. The maximum Gasteiger partial charge on any atom is 0.326 e. The molecule has 0 spiro atoms. The number of nitrogens with one attached hydrogen (secondary N) is 1. The number of aromatic nitrogens is 3. The van der Waals surface area contributed by atoms with E-state index in [1.54, 1.807) is 48.7 Å². The van der Waals surface area contributed by atoms with E-state index in [0.717, 1.165) is 11.1 Å². The Balaban J connectivity index is 1.69. The SMILES string of the molecule is Nc1nc(N)c2cc(C=Cc3ccc(C(=O)N[C@H](CCC(=O)O)C(=O)O)cc3)cnc2n1. The van der Waals surface area contributed by atoms with Gasteiger partial charge in [0.05, 0.1) is 5.39 Å². The average Bonchev–Trinajstić information content (AvgIpc) is 2.75. The summed E-state index contributed by atoms with van der Waals surface area (Å²) < 4.78 is 0. The van der Waals surface area contributed by atoms with E-state index in [-0.39, 0.29) is 30.2 Å². The summed E-state index contributed by atoms with van der Waals surface area (Å²) in [6.07, 6.45) is 4.63. The fourth-order valence-corrected chi connectivity index (χ4v) is 2.86. The number of carboxylic acids is 2. The molecule has 0 aliphatic heterocycles. The van der Waals surface area contributed by atoms with E-state index >= 15 is 0 Å². The molecule has 1 amide bonds. The van der Waals surface area contributed by atoms with Crippen molar-refractivity contribution >= 4 is 52.8 Å². The highest BCUT2D eigenvalue weighted by molar-refractivity contribution is 5.97. The number of pyridine rings is 1. The normalized spacial score (nSPS) is 12.0. The molecule has 0 aliphatic rings. The molecule has 11 nitrogen and oxygen atoms in total. The van der Waals surface area contributed by atoms with Crippen LogP contribution in [0.15, 0.2) is 36.5 Å². The summed E-state index contributed by atoms with van der Waals surface area (Å²) in [6, 6.07) is 6.94. The number of anilines is 2. The first-order chi connectivity index (χ1) is 15.2. The Morgan fingerprint density at radius 1 is 1.03 bits per heavy atom. The van der Waals surface area contributed by atoms with Gasteiger partial charge in [0.15, 0.2) is 5.65 Å². The van der Waals surface area contributed by atoms with Gasteiger partial charge in [0, 0.05) is 18.2 Å². The van der Waals surface area contributed by atoms with Crippen molar-refractivity contribution < 1.29 is 24.6 Å². The van der Waals surface area contributed by atoms with Gasteiger partial charge in [-0.05, 0) is 35.7 Å². The van der Waals surface area contributed by atoms with E-state index in [1.807, 2.05) is 0 Å². The van der Waals surface area contributed by atoms with Gasteiger partial charge in [0.1, 0.15) is 11.9 Å². The molecule has 1 atom stereocenters. The number of nitrogen functional groups attached to an aromatic ring is 2. The van der Waals surface area contributed by atoms with Gasteiger partial charge in [-0.2, -0.15) is 9.97 Å².